The monoisotopic (exact) mass is 354 g/mol. The predicted octanol–water partition coefficient (Wildman–Crippen LogP) is 2.94. The highest BCUT2D eigenvalue weighted by molar-refractivity contribution is 7.14. The van der Waals surface area contributed by atoms with Gasteiger partial charge in [-0.25, -0.2) is 0 Å². The lowest BCUT2D eigenvalue weighted by Crippen LogP contribution is -2.11. The molecule has 0 atom stereocenters. The molecule has 3 rings (SSSR count). The summed E-state index contributed by atoms with van der Waals surface area (Å²) in [5.41, 5.74) is 8.48. The Balaban J connectivity index is 0.000000224. The molecule has 0 saturated heterocycles. The molecule has 1 aliphatic rings. The van der Waals surface area contributed by atoms with E-state index >= 15 is 0 Å². The number of nitrogens with one attached hydrogen (secondary N) is 1. The first kappa shape index (κ1) is 19.0. The van der Waals surface area contributed by atoms with Crippen LogP contribution in [0.2, 0.25) is 0 Å². The second-order valence-corrected chi connectivity index (χ2v) is 5.87. The highest BCUT2D eigenvalue weighted by Gasteiger charge is 2.11. The fraction of sp³-hybridized carbons (Fsp3) is 0.250. The quantitative estimate of drug-likeness (QED) is 0.787. The molecule has 2 aromatic rings. The third-order valence-electron chi connectivity index (χ3n) is 3.32. The second kappa shape index (κ2) is 9.17. The topological polar surface area (TPSA) is 92.4 Å². The van der Waals surface area contributed by atoms with Gasteiger partial charge in [-0.05, 0) is 60.0 Å². The largest absolute Gasteiger partial charge is 0.480 e. The zero-order valence-electron chi connectivity index (χ0n) is 12.5. The number of fused-ring (bicyclic) bond motifs is 1. The number of amides is 1. The maximum absolute atomic E-state index is 10.8. The highest BCUT2D eigenvalue weighted by Crippen LogP contribution is 2.22. The number of carboxylic acids is 1. The van der Waals surface area contributed by atoms with Gasteiger partial charge in [-0.15, -0.1) is 23.7 Å². The Morgan fingerprint density at radius 3 is 2.57 bits per heavy atom. The van der Waals surface area contributed by atoms with Crippen molar-refractivity contribution in [3.8, 4) is 0 Å². The van der Waals surface area contributed by atoms with E-state index in [9.17, 15) is 9.59 Å². The molecule has 0 fully saturated rings. The van der Waals surface area contributed by atoms with Gasteiger partial charge >= 0.3 is 5.97 Å². The summed E-state index contributed by atoms with van der Waals surface area (Å²) in [6, 6.07) is 9.46. The molecule has 0 bridgehead atoms. The van der Waals surface area contributed by atoms with Gasteiger partial charge in [0.1, 0.15) is 6.54 Å². The molecule has 0 saturated carbocycles. The van der Waals surface area contributed by atoms with Gasteiger partial charge in [0.2, 0.25) is 5.91 Å². The van der Waals surface area contributed by atoms with E-state index in [1.165, 1.54) is 28.9 Å². The van der Waals surface area contributed by atoms with E-state index < -0.39 is 5.97 Å². The molecular formula is C16H19ClN2O3S. The van der Waals surface area contributed by atoms with E-state index in [2.05, 4.69) is 5.32 Å². The van der Waals surface area contributed by atoms with Crippen molar-refractivity contribution in [3.05, 3.63) is 52.4 Å². The van der Waals surface area contributed by atoms with Crippen molar-refractivity contribution in [2.24, 2.45) is 5.73 Å². The van der Waals surface area contributed by atoms with Crippen LogP contribution in [-0.2, 0) is 17.6 Å². The van der Waals surface area contributed by atoms with Crippen LogP contribution in [-0.4, -0.2) is 23.5 Å². The lowest BCUT2D eigenvalue weighted by atomic mass is 10.1. The molecule has 4 N–H and O–H groups in total. The number of primary amides is 1. The number of benzene rings is 1. The molecule has 23 heavy (non-hydrogen) atoms. The Hall–Kier alpha value is -2.05. The number of rotatable bonds is 4. The summed E-state index contributed by atoms with van der Waals surface area (Å²) in [6.07, 6.45) is 3.45. The van der Waals surface area contributed by atoms with Gasteiger partial charge in [0.05, 0.1) is 5.00 Å². The number of halogens is 1. The molecule has 1 amide bonds. The van der Waals surface area contributed by atoms with Crippen LogP contribution >= 0.6 is 23.7 Å². The van der Waals surface area contributed by atoms with Gasteiger partial charge in [0.15, 0.2) is 0 Å². The van der Waals surface area contributed by atoms with Crippen LogP contribution in [0.25, 0.3) is 0 Å². The minimum atomic E-state index is -0.839. The van der Waals surface area contributed by atoms with Crippen LogP contribution in [0, 0.1) is 0 Å². The van der Waals surface area contributed by atoms with E-state index in [-0.39, 0.29) is 24.9 Å². The summed E-state index contributed by atoms with van der Waals surface area (Å²) in [5, 5.41) is 13.8. The SMILES string of the molecule is Cl.NC(=O)c1ccc2c(c1)CCC2.O=C(O)CNc1cccs1. The van der Waals surface area contributed by atoms with E-state index in [0.717, 1.165) is 17.8 Å². The normalized spacial score (nSPS) is 11.5. The van der Waals surface area contributed by atoms with Crippen molar-refractivity contribution in [1.82, 2.24) is 0 Å². The second-order valence-electron chi connectivity index (χ2n) is 4.93. The molecule has 0 aliphatic heterocycles. The number of anilines is 1. The van der Waals surface area contributed by atoms with Crippen LogP contribution in [0.4, 0.5) is 5.00 Å². The van der Waals surface area contributed by atoms with Crippen molar-refractivity contribution >= 4 is 40.6 Å². The molecule has 1 aromatic carbocycles. The first-order valence-corrected chi connectivity index (χ1v) is 7.85. The van der Waals surface area contributed by atoms with Gasteiger partial charge in [-0.2, -0.15) is 0 Å². The molecular weight excluding hydrogens is 336 g/mol. The average molecular weight is 355 g/mol. The lowest BCUT2D eigenvalue weighted by Gasteiger charge is -2.00. The number of aryl methyl sites for hydroxylation is 2. The molecule has 7 heteroatoms. The van der Waals surface area contributed by atoms with Crippen LogP contribution in [0.15, 0.2) is 35.7 Å². The van der Waals surface area contributed by atoms with Gasteiger partial charge in [-0.3, -0.25) is 9.59 Å². The number of aliphatic carboxylic acids is 1. The molecule has 5 nitrogen and oxygen atoms in total. The number of hydrogen-bond acceptors (Lipinski definition) is 4. The molecule has 0 unspecified atom stereocenters. The van der Waals surface area contributed by atoms with Crippen molar-refractivity contribution in [2.45, 2.75) is 19.3 Å². The van der Waals surface area contributed by atoms with E-state index in [4.69, 9.17) is 10.8 Å². The van der Waals surface area contributed by atoms with Gasteiger partial charge < -0.3 is 16.2 Å². The Morgan fingerprint density at radius 2 is 1.96 bits per heavy atom. The fourth-order valence-corrected chi connectivity index (χ4v) is 2.88. The van der Waals surface area contributed by atoms with Crippen LogP contribution in [0.5, 0.6) is 0 Å². The number of carboxylic acid groups (broad SMARTS) is 1. The Bertz CT molecular complexity index is 659. The number of carbonyl (C=O) groups excluding carboxylic acids is 1. The van der Waals surface area contributed by atoms with E-state index in [1.54, 1.807) is 0 Å². The van der Waals surface area contributed by atoms with Gasteiger partial charge in [-0.1, -0.05) is 6.07 Å². The number of carbonyl (C=O) groups is 2. The Morgan fingerprint density at radius 1 is 1.22 bits per heavy atom. The van der Waals surface area contributed by atoms with E-state index in [1.807, 2.05) is 35.7 Å². The number of nitrogens with two attached hydrogens (primary N) is 1. The minimum Gasteiger partial charge on any atom is -0.480 e. The molecule has 0 spiro atoms. The zero-order chi connectivity index (χ0) is 15.9. The van der Waals surface area contributed by atoms with Crippen LogP contribution in [0.1, 0.15) is 27.9 Å². The molecule has 1 aliphatic carbocycles. The first-order valence-electron chi connectivity index (χ1n) is 6.97. The van der Waals surface area contributed by atoms with Crippen molar-refractivity contribution in [2.75, 3.05) is 11.9 Å². The van der Waals surface area contributed by atoms with E-state index in [0.29, 0.717) is 5.56 Å². The van der Waals surface area contributed by atoms with Crippen LogP contribution < -0.4 is 11.1 Å². The summed E-state index contributed by atoms with van der Waals surface area (Å²) in [6.45, 7) is -0.0134. The fourth-order valence-electron chi connectivity index (χ4n) is 2.27. The highest BCUT2D eigenvalue weighted by atomic mass is 35.5. The summed E-state index contributed by atoms with van der Waals surface area (Å²) < 4.78 is 0. The predicted molar refractivity (Wildman–Crippen MR) is 94.7 cm³/mol. The smallest absolute Gasteiger partial charge is 0.322 e. The van der Waals surface area contributed by atoms with Crippen molar-refractivity contribution in [3.63, 3.8) is 0 Å². The standard InChI is InChI=1S/C10H11NO.C6H7NO2S.ClH/c11-10(12)9-5-4-7-2-1-3-8(7)6-9;8-6(9)4-7-5-2-1-3-10-5;/h4-6H,1-3H2,(H2,11,12);1-3,7H,4H2,(H,8,9);1H. The first-order chi connectivity index (χ1) is 10.6. The van der Waals surface area contributed by atoms with Gasteiger partial charge in [0.25, 0.3) is 0 Å². The maximum Gasteiger partial charge on any atom is 0.322 e. The lowest BCUT2D eigenvalue weighted by molar-refractivity contribution is -0.134. The summed E-state index contributed by atoms with van der Waals surface area (Å²) in [7, 11) is 0. The third-order valence-corrected chi connectivity index (χ3v) is 4.15. The number of hydrogen-bond donors (Lipinski definition) is 3. The summed E-state index contributed by atoms with van der Waals surface area (Å²) in [5.74, 6) is -1.17. The third kappa shape index (κ3) is 5.92. The van der Waals surface area contributed by atoms with Crippen molar-refractivity contribution in [1.29, 1.82) is 0 Å². The summed E-state index contributed by atoms with van der Waals surface area (Å²) in [4.78, 5) is 20.9. The maximum atomic E-state index is 10.8. The number of thiophene rings is 1. The molecule has 124 valence electrons. The van der Waals surface area contributed by atoms with Crippen molar-refractivity contribution < 1.29 is 14.7 Å². The minimum absolute atomic E-state index is 0. The molecule has 0 radical (unpaired) electrons. The Labute approximate surface area is 144 Å². The average Bonchev–Trinajstić information content (AvgIpc) is 3.16. The Kier molecular flexibility index (Phi) is 7.57. The molecule has 1 heterocycles. The van der Waals surface area contributed by atoms with Gasteiger partial charge in [0, 0.05) is 5.56 Å². The molecule has 1 aromatic heterocycles. The summed E-state index contributed by atoms with van der Waals surface area (Å²) >= 11 is 1.49. The zero-order valence-corrected chi connectivity index (χ0v) is 14.1. The van der Waals surface area contributed by atoms with Crippen LogP contribution in [0.3, 0.4) is 0 Å².